The fourth-order valence-electron chi connectivity index (χ4n) is 5.94. The average molecular weight is 518 g/mol. The van der Waals surface area contributed by atoms with Crippen molar-refractivity contribution in [2.24, 2.45) is 5.73 Å². The fraction of sp³-hybridized carbons (Fsp3) is 0.286. The maximum absolute atomic E-state index is 13.4. The second-order valence-electron chi connectivity index (χ2n) is 11.0. The number of amides is 1. The molecule has 5 rings (SSSR count). The maximum atomic E-state index is 13.4. The molecule has 0 fully saturated rings. The monoisotopic (exact) mass is 517 g/mol. The smallest absolute Gasteiger partial charge is 0.237 e. The van der Waals surface area contributed by atoms with E-state index in [2.05, 4.69) is 116 Å². The third-order valence-corrected chi connectivity index (χ3v) is 7.83. The van der Waals surface area contributed by atoms with E-state index in [-0.39, 0.29) is 11.9 Å². The molecule has 0 saturated heterocycles. The van der Waals surface area contributed by atoms with Crippen LogP contribution in [0, 0.1) is 20.8 Å². The molecule has 4 aromatic carbocycles. The predicted octanol–water partition coefficient (Wildman–Crippen LogP) is 6.34. The van der Waals surface area contributed by atoms with Crippen molar-refractivity contribution in [2.75, 3.05) is 11.9 Å². The number of carbonyl (C=O) groups is 1. The quantitative estimate of drug-likeness (QED) is 0.256. The van der Waals surface area contributed by atoms with Gasteiger partial charge in [-0.1, -0.05) is 90.5 Å². The third kappa shape index (κ3) is 6.40. The number of hydrogen-bond donors (Lipinski definition) is 3. The lowest BCUT2D eigenvalue weighted by atomic mass is 9.88. The summed E-state index contributed by atoms with van der Waals surface area (Å²) in [5.74, 6) is -0.0923. The highest BCUT2D eigenvalue weighted by atomic mass is 16.2. The summed E-state index contributed by atoms with van der Waals surface area (Å²) in [7, 11) is 0. The van der Waals surface area contributed by atoms with Crippen LogP contribution in [0.1, 0.15) is 62.5 Å². The van der Waals surface area contributed by atoms with Gasteiger partial charge < -0.3 is 16.4 Å². The zero-order valence-electron chi connectivity index (χ0n) is 23.3. The van der Waals surface area contributed by atoms with Gasteiger partial charge in [-0.3, -0.25) is 4.79 Å². The first-order valence-corrected chi connectivity index (χ1v) is 14.0. The Morgan fingerprint density at radius 3 is 2.13 bits per heavy atom. The summed E-state index contributed by atoms with van der Waals surface area (Å²) in [6.45, 7) is 7.11. The van der Waals surface area contributed by atoms with Crippen molar-refractivity contribution >= 4 is 11.6 Å². The first-order valence-electron chi connectivity index (χ1n) is 14.0. The lowest BCUT2D eigenvalue weighted by Gasteiger charge is -2.31. The van der Waals surface area contributed by atoms with E-state index in [0.717, 1.165) is 37.1 Å². The number of hydrogen-bond acceptors (Lipinski definition) is 3. The molecule has 1 aliphatic rings. The van der Waals surface area contributed by atoms with Gasteiger partial charge in [-0.25, -0.2) is 0 Å². The van der Waals surface area contributed by atoms with Crippen LogP contribution >= 0.6 is 0 Å². The number of anilines is 1. The number of nitrogens with two attached hydrogens (primary N) is 1. The van der Waals surface area contributed by atoms with E-state index in [0.29, 0.717) is 6.42 Å². The number of aryl methyl sites for hydroxylation is 3. The molecule has 2 unspecified atom stereocenters. The molecule has 4 N–H and O–H groups in total. The van der Waals surface area contributed by atoms with Crippen LogP contribution in [-0.2, 0) is 24.1 Å². The molecule has 2 atom stereocenters. The Balaban J connectivity index is 1.42. The van der Waals surface area contributed by atoms with Crippen molar-refractivity contribution in [3.8, 4) is 0 Å². The number of benzene rings is 4. The van der Waals surface area contributed by atoms with Crippen molar-refractivity contribution in [1.82, 2.24) is 5.32 Å². The van der Waals surface area contributed by atoms with Gasteiger partial charge >= 0.3 is 0 Å². The molecule has 1 heterocycles. The van der Waals surface area contributed by atoms with E-state index in [1.807, 2.05) is 0 Å². The molecule has 1 amide bonds. The molecule has 39 heavy (non-hydrogen) atoms. The summed E-state index contributed by atoms with van der Waals surface area (Å²) in [6, 6.07) is 29.4. The third-order valence-electron chi connectivity index (χ3n) is 7.83. The molecule has 0 bridgehead atoms. The minimum atomic E-state index is -0.597. The fourth-order valence-corrected chi connectivity index (χ4v) is 5.94. The van der Waals surface area contributed by atoms with Crippen molar-refractivity contribution in [3.63, 3.8) is 0 Å². The van der Waals surface area contributed by atoms with E-state index in [1.54, 1.807) is 0 Å². The van der Waals surface area contributed by atoms with Crippen LogP contribution in [0.2, 0.25) is 0 Å². The summed E-state index contributed by atoms with van der Waals surface area (Å²) in [5, 5.41) is 6.98. The van der Waals surface area contributed by atoms with Gasteiger partial charge in [0.1, 0.15) is 0 Å². The van der Waals surface area contributed by atoms with E-state index in [1.165, 1.54) is 44.5 Å². The molecular formula is C35H39N3O. The molecule has 0 aromatic heterocycles. The molecule has 4 aromatic rings. The number of carbonyl (C=O) groups excluding carboxylic acids is 1. The zero-order valence-corrected chi connectivity index (χ0v) is 23.3. The molecule has 0 saturated carbocycles. The van der Waals surface area contributed by atoms with Crippen LogP contribution in [0.3, 0.4) is 0 Å². The van der Waals surface area contributed by atoms with Crippen LogP contribution in [-0.4, -0.2) is 18.5 Å². The highest BCUT2D eigenvalue weighted by molar-refractivity contribution is 5.83. The summed E-state index contributed by atoms with van der Waals surface area (Å²) in [4.78, 5) is 13.4. The van der Waals surface area contributed by atoms with Gasteiger partial charge in [0.25, 0.3) is 0 Å². The average Bonchev–Trinajstić information content (AvgIpc) is 2.92. The van der Waals surface area contributed by atoms with Crippen LogP contribution in [0.4, 0.5) is 5.69 Å². The Morgan fingerprint density at radius 1 is 0.872 bits per heavy atom. The van der Waals surface area contributed by atoms with Crippen LogP contribution in [0.5, 0.6) is 0 Å². The molecule has 4 nitrogen and oxygen atoms in total. The summed E-state index contributed by atoms with van der Waals surface area (Å²) in [5.41, 5.74) is 18.7. The topological polar surface area (TPSA) is 67.2 Å². The minimum absolute atomic E-state index is 0.0785. The predicted molar refractivity (Wildman–Crippen MR) is 161 cm³/mol. The highest BCUT2D eigenvalue weighted by Gasteiger charge is 2.27. The molecule has 0 radical (unpaired) electrons. The minimum Gasteiger partial charge on any atom is -0.384 e. The van der Waals surface area contributed by atoms with Gasteiger partial charge in [-0.2, -0.15) is 0 Å². The molecule has 0 spiro atoms. The van der Waals surface area contributed by atoms with E-state index >= 15 is 0 Å². The first kappa shape index (κ1) is 26.7. The second-order valence-corrected chi connectivity index (χ2v) is 11.0. The summed E-state index contributed by atoms with van der Waals surface area (Å²) in [6.07, 6.45) is 3.05. The van der Waals surface area contributed by atoms with Gasteiger partial charge in [0.05, 0.1) is 12.1 Å². The SMILES string of the molecule is Cc1cc(C)c(CC(N)C(=O)NC2CCNc3c(Cc4ccccc4)cc(Cc4ccccc4)cc32)c(C)c1. The Morgan fingerprint density at radius 2 is 1.49 bits per heavy atom. The lowest BCUT2D eigenvalue weighted by molar-refractivity contribution is -0.123. The van der Waals surface area contributed by atoms with Crippen molar-refractivity contribution in [2.45, 2.75) is 58.5 Å². The summed E-state index contributed by atoms with van der Waals surface area (Å²) >= 11 is 0. The van der Waals surface area contributed by atoms with Crippen molar-refractivity contribution < 1.29 is 4.79 Å². The van der Waals surface area contributed by atoms with E-state index in [9.17, 15) is 4.79 Å². The Hall–Kier alpha value is -3.89. The maximum Gasteiger partial charge on any atom is 0.237 e. The zero-order chi connectivity index (χ0) is 27.4. The Bertz CT molecular complexity index is 1420. The first-order chi connectivity index (χ1) is 18.9. The second kappa shape index (κ2) is 11.9. The van der Waals surface area contributed by atoms with Crippen molar-refractivity contribution in [3.05, 3.63) is 135 Å². The lowest BCUT2D eigenvalue weighted by Crippen LogP contribution is -2.45. The van der Waals surface area contributed by atoms with Gasteiger partial charge in [0.2, 0.25) is 5.91 Å². The van der Waals surface area contributed by atoms with Gasteiger partial charge in [-0.15, -0.1) is 0 Å². The highest BCUT2D eigenvalue weighted by Crippen LogP contribution is 2.36. The number of nitrogens with one attached hydrogen (secondary N) is 2. The van der Waals surface area contributed by atoms with Crippen LogP contribution in [0.15, 0.2) is 84.9 Å². The van der Waals surface area contributed by atoms with Gasteiger partial charge in [0.15, 0.2) is 0 Å². The van der Waals surface area contributed by atoms with E-state index < -0.39 is 6.04 Å². The Labute approximate surface area is 232 Å². The number of fused-ring (bicyclic) bond motifs is 1. The van der Waals surface area contributed by atoms with Crippen LogP contribution in [0.25, 0.3) is 0 Å². The normalized spacial score (nSPS) is 15.2. The molecule has 200 valence electrons. The van der Waals surface area contributed by atoms with E-state index in [4.69, 9.17) is 5.73 Å². The number of rotatable bonds is 8. The van der Waals surface area contributed by atoms with Gasteiger partial charge in [0, 0.05) is 12.2 Å². The largest absolute Gasteiger partial charge is 0.384 e. The standard InChI is InChI=1S/C35H39N3O/c1-23-16-24(2)30(25(3)17-23)22-32(36)35(39)38-33-14-15-37-34-29(19-27-12-8-5-9-13-27)20-28(21-31(33)34)18-26-10-6-4-7-11-26/h4-13,16-17,20-21,32-33,37H,14-15,18-19,22,36H2,1-3H3,(H,38,39). The Kier molecular flexibility index (Phi) is 8.13. The molecular weight excluding hydrogens is 478 g/mol. The molecule has 1 aliphatic heterocycles. The summed E-state index contributed by atoms with van der Waals surface area (Å²) < 4.78 is 0. The van der Waals surface area contributed by atoms with Crippen LogP contribution < -0.4 is 16.4 Å². The molecule has 0 aliphatic carbocycles. The van der Waals surface area contributed by atoms with Crippen molar-refractivity contribution in [1.29, 1.82) is 0 Å². The molecule has 4 heteroatoms. The van der Waals surface area contributed by atoms with Gasteiger partial charge in [-0.05, 0) is 91.0 Å².